The van der Waals surface area contributed by atoms with Gasteiger partial charge in [-0.25, -0.2) is 4.98 Å². The van der Waals surface area contributed by atoms with Crippen LogP contribution in [0.15, 0.2) is 41.5 Å². The molecule has 176 valence electrons. The Balaban J connectivity index is 0.00000363. The minimum atomic E-state index is 0. The van der Waals surface area contributed by atoms with Crippen LogP contribution in [0, 0.1) is 6.92 Å². The molecule has 0 spiro atoms. The average Bonchev–Trinajstić information content (AvgIpc) is 2.79. The molecule has 0 radical (unpaired) electrons. The molecule has 1 aliphatic rings. The summed E-state index contributed by atoms with van der Waals surface area (Å²) in [5, 5.41) is 6.81. The summed E-state index contributed by atoms with van der Waals surface area (Å²) in [4.78, 5) is 13.6. The van der Waals surface area contributed by atoms with Crippen molar-refractivity contribution >= 4 is 35.8 Å². The molecule has 2 heterocycles. The van der Waals surface area contributed by atoms with Gasteiger partial charge in [-0.2, -0.15) is 0 Å². The molecule has 3 rings (SSSR count). The lowest BCUT2D eigenvalue weighted by Gasteiger charge is -2.33. The van der Waals surface area contributed by atoms with Crippen LogP contribution in [0.5, 0.6) is 5.75 Å². The van der Waals surface area contributed by atoms with Crippen molar-refractivity contribution < 1.29 is 4.74 Å². The molecule has 1 aromatic carbocycles. The number of aryl methyl sites for hydroxylation is 1. The van der Waals surface area contributed by atoms with Gasteiger partial charge in [-0.3, -0.25) is 4.99 Å². The molecule has 1 aromatic heterocycles. The number of aromatic nitrogens is 1. The lowest BCUT2D eigenvalue weighted by Crippen LogP contribution is -2.44. The lowest BCUT2D eigenvalue weighted by atomic mass is 10.1. The molecule has 0 aliphatic carbocycles. The molecule has 2 aromatic rings. The highest BCUT2D eigenvalue weighted by molar-refractivity contribution is 14.0. The summed E-state index contributed by atoms with van der Waals surface area (Å²) in [5.74, 6) is 2.75. The molecule has 0 atom stereocenters. The summed E-state index contributed by atoms with van der Waals surface area (Å²) >= 11 is 0. The van der Waals surface area contributed by atoms with Crippen LogP contribution >= 0.6 is 24.0 Å². The van der Waals surface area contributed by atoms with Gasteiger partial charge in [0.1, 0.15) is 11.6 Å². The van der Waals surface area contributed by atoms with E-state index in [1.165, 1.54) is 11.1 Å². The summed E-state index contributed by atoms with van der Waals surface area (Å²) in [7, 11) is 3.96. The highest BCUT2D eigenvalue weighted by Crippen LogP contribution is 2.20. The Morgan fingerprint density at radius 3 is 2.56 bits per heavy atom. The van der Waals surface area contributed by atoms with E-state index in [1.807, 2.05) is 6.20 Å². The van der Waals surface area contributed by atoms with Crippen molar-refractivity contribution in [2.24, 2.45) is 4.99 Å². The summed E-state index contributed by atoms with van der Waals surface area (Å²) in [6.07, 6.45) is 2.89. The van der Waals surface area contributed by atoms with E-state index in [9.17, 15) is 0 Å². The molecular weight excluding hydrogens is 515 g/mol. The van der Waals surface area contributed by atoms with Crippen molar-refractivity contribution in [3.8, 4) is 5.75 Å². The second-order valence-electron chi connectivity index (χ2n) is 8.05. The molecule has 0 bridgehead atoms. The van der Waals surface area contributed by atoms with Crippen molar-refractivity contribution in [3.63, 3.8) is 0 Å². The Hall–Kier alpha value is -2.07. The minimum Gasteiger partial charge on any atom is -0.493 e. The summed E-state index contributed by atoms with van der Waals surface area (Å²) < 4.78 is 5.92. The van der Waals surface area contributed by atoms with E-state index in [2.05, 4.69) is 81.6 Å². The van der Waals surface area contributed by atoms with Crippen LogP contribution in [0.2, 0.25) is 0 Å². The average molecular weight is 553 g/mol. The Bertz CT molecular complexity index is 867. The third-order valence-electron chi connectivity index (χ3n) is 5.45. The van der Waals surface area contributed by atoms with Crippen LogP contribution in [0.3, 0.4) is 0 Å². The number of nitrogens with zero attached hydrogens (tertiary/aromatic N) is 4. The number of hydrogen-bond acceptors (Lipinski definition) is 5. The van der Waals surface area contributed by atoms with Crippen molar-refractivity contribution in [3.05, 3.63) is 53.2 Å². The molecule has 1 fully saturated rings. The van der Waals surface area contributed by atoms with Gasteiger partial charge in [0.2, 0.25) is 0 Å². The Kier molecular flexibility index (Phi) is 11.0. The fourth-order valence-electron chi connectivity index (χ4n) is 3.52. The third kappa shape index (κ3) is 7.81. The Labute approximate surface area is 209 Å². The summed E-state index contributed by atoms with van der Waals surface area (Å²) in [6, 6.07) is 10.5. The van der Waals surface area contributed by atoms with Crippen molar-refractivity contribution in [2.75, 3.05) is 51.8 Å². The largest absolute Gasteiger partial charge is 0.493 e. The first-order chi connectivity index (χ1) is 15.1. The highest BCUT2D eigenvalue weighted by Gasteiger charge is 2.15. The van der Waals surface area contributed by atoms with Crippen molar-refractivity contribution in [1.82, 2.24) is 20.5 Å². The van der Waals surface area contributed by atoms with E-state index >= 15 is 0 Å². The number of pyridine rings is 1. The number of ether oxygens (including phenoxy) is 1. The molecule has 1 aliphatic heterocycles. The SMILES string of the molecule is CCCOc1cc(C)ccc1CNC(=NC)NCc1ccnc(N2CCN(C)CC2)c1.I. The van der Waals surface area contributed by atoms with E-state index in [0.29, 0.717) is 13.1 Å². The van der Waals surface area contributed by atoms with Gasteiger partial charge in [0.15, 0.2) is 5.96 Å². The molecule has 2 N–H and O–H groups in total. The fraction of sp³-hybridized carbons (Fsp3) is 0.500. The normalized spacial score (nSPS) is 14.6. The molecule has 0 unspecified atom stereocenters. The number of nitrogens with one attached hydrogen (secondary N) is 2. The van der Waals surface area contributed by atoms with Crippen molar-refractivity contribution in [2.45, 2.75) is 33.4 Å². The standard InChI is InChI=1S/C24H36N6O.HI/c1-5-14-31-22-15-19(2)6-7-21(22)18-28-24(25-3)27-17-20-8-9-26-23(16-20)30-12-10-29(4)11-13-30;/h6-9,15-16H,5,10-14,17-18H2,1-4H3,(H2,25,27,28);1H. The van der Waals surface area contributed by atoms with Gasteiger partial charge in [-0.1, -0.05) is 19.1 Å². The zero-order valence-electron chi connectivity index (χ0n) is 19.7. The maximum atomic E-state index is 5.92. The number of aliphatic imine (C=N–C) groups is 1. The van der Waals surface area contributed by atoms with Crippen LogP contribution in [0.25, 0.3) is 0 Å². The molecule has 0 amide bonds. The van der Waals surface area contributed by atoms with Crippen LogP contribution in [0.1, 0.15) is 30.0 Å². The first-order valence-corrected chi connectivity index (χ1v) is 11.1. The van der Waals surface area contributed by atoms with E-state index in [4.69, 9.17) is 4.74 Å². The molecule has 1 saturated heterocycles. The van der Waals surface area contributed by atoms with E-state index in [0.717, 1.165) is 62.3 Å². The molecule has 7 nitrogen and oxygen atoms in total. The predicted molar refractivity (Wildman–Crippen MR) is 143 cm³/mol. The first-order valence-electron chi connectivity index (χ1n) is 11.1. The van der Waals surface area contributed by atoms with Crippen LogP contribution in [-0.4, -0.2) is 62.7 Å². The zero-order chi connectivity index (χ0) is 22.1. The quantitative estimate of drug-likeness (QED) is 0.298. The number of likely N-dealkylation sites (N-methyl/N-ethyl adjacent to an activating group) is 1. The maximum absolute atomic E-state index is 5.92. The Morgan fingerprint density at radius 2 is 1.84 bits per heavy atom. The second kappa shape index (κ2) is 13.5. The molecule has 8 heteroatoms. The third-order valence-corrected chi connectivity index (χ3v) is 5.45. The number of rotatable bonds is 8. The second-order valence-corrected chi connectivity index (χ2v) is 8.05. The van der Waals surface area contributed by atoms with E-state index in [1.54, 1.807) is 7.05 Å². The number of benzene rings is 1. The van der Waals surface area contributed by atoms with Gasteiger partial charge < -0.3 is 25.2 Å². The van der Waals surface area contributed by atoms with E-state index in [-0.39, 0.29) is 24.0 Å². The molecular formula is C24H37IN6O. The van der Waals surface area contributed by atoms with Gasteiger partial charge in [0, 0.05) is 58.1 Å². The van der Waals surface area contributed by atoms with Gasteiger partial charge in [-0.15, -0.1) is 24.0 Å². The highest BCUT2D eigenvalue weighted by atomic mass is 127. The van der Waals surface area contributed by atoms with Crippen LogP contribution in [0.4, 0.5) is 5.82 Å². The minimum absolute atomic E-state index is 0. The number of hydrogen-bond donors (Lipinski definition) is 2. The number of anilines is 1. The van der Waals surface area contributed by atoms with Gasteiger partial charge in [0.05, 0.1) is 6.61 Å². The first kappa shape index (κ1) is 26.2. The zero-order valence-corrected chi connectivity index (χ0v) is 22.1. The predicted octanol–water partition coefficient (Wildman–Crippen LogP) is 3.41. The fourth-order valence-corrected chi connectivity index (χ4v) is 3.52. The van der Waals surface area contributed by atoms with Gasteiger partial charge in [-0.05, 0) is 49.7 Å². The number of halogens is 1. The van der Waals surface area contributed by atoms with Crippen LogP contribution < -0.4 is 20.3 Å². The monoisotopic (exact) mass is 552 g/mol. The van der Waals surface area contributed by atoms with Gasteiger partial charge in [0.25, 0.3) is 0 Å². The summed E-state index contributed by atoms with van der Waals surface area (Å²) in [6.45, 7) is 10.5. The van der Waals surface area contributed by atoms with Crippen LogP contribution in [-0.2, 0) is 13.1 Å². The number of piperazine rings is 1. The molecule has 32 heavy (non-hydrogen) atoms. The lowest BCUT2D eigenvalue weighted by molar-refractivity contribution is 0.312. The maximum Gasteiger partial charge on any atom is 0.191 e. The number of guanidine groups is 1. The topological polar surface area (TPSA) is 65.0 Å². The van der Waals surface area contributed by atoms with E-state index < -0.39 is 0 Å². The smallest absolute Gasteiger partial charge is 0.191 e. The molecule has 0 saturated carbocycles. The summed E-state index contributed by atoms with van der Waals surface area (Å²) in [5.41, 5.74) is 3.52. The van der Waals surface area contributed by atoms with Gasteiger partial charge >= 0.3 is 0 Å². The Morgan fingerprint density at radius 1 is 1.09 bits per heavy atom. The van der Waals surface area contributed by atoms with Crippen molar-refractivity contribution in [1.29, 1.82) is 0 Å².